The second kappa shape index (κ2) is 6.86. The summed E-state index contributed by atoms with van der Waals surface area (Å²) in [5.41, 5.74) is 0.659. The molecule has 20 heavy (non-hydrogen) atoms. The maximum absolute atomic E-state index is 11.5. The smallest absolute Gasteiger partial charge is 0.163 e. The van der Waals surface area contributed by atoms with E-state index in [0.717, 1.165) is 19.6 Å². The van der Waals surface area contributed by atoms with Crippen LogP contribution in [0.4, 0.5) is 0 Å². The molecule has 1 aliphatic rings. The number of benzene rings is 1. The standard InChI is InChI=1S/C16H23NO3/c1-12-10-17(11-13(2)20-12)8-9-19-16-7-5-4-6-15(16)14(3)18/h4-7,12-13H,8-11H2,1-3H3/p+1/t12-,13-/m0/s1. The molecule has 0 unspecified atom stereocenters. The van der Waals surface area contributed by atoms with E-state index in [2.05, 4.69) is 13.8 Å². The van der Waals surface area contributed by atoms with Crippen molar-refractivity contribution in [2.24, 2.45) is 0 Å². The minimum atomic E-state index is 0.0431. The second-order valence-electron chi connectivity index (χ2n) is 5.57. The van der Waals surface area contributed by atoms with Crippen molar-refractivity contribution in [3.63, 3.8) is 0 Å². The fourth-order valence-corrected chi connectivity index (χ4v) is 2.78. The fourth-order valence-electron chi connectivity index (χ4n) is 2.78. The van der Waals surface area contributed by atoms with Crippen LogP contribution in [-0.2, 0) is 4.74 Å². The molecule has 0 amide bonds. The highest BCUT2D eigenvalue weighted by Crippen LogP contribution is 2.17. The van der Waals surface area contributed by atoms with Gasteiger partial charge in [-0.05, 0) is 32.9 Å². The zero-order chi connectivity index (χ0) is 14.5. The molecule has 110 valence electrons. The van der Waals surface area contributed by atoms with Gasteiger partial charge in [-0.3, -0.25) is 4.79 Å². The van der Waals surface area contributed by atoms with E-state index < -0.39 is 0 Å². The number of ether oxygens (including phenoxy) is 2. The number of nitrogens with one attached hydrogen (secondary N) is 1. The van der Waals surface area contributed by atoms with Crippen molar-refractivity contribution in [2.45, 2.75) is 33.0 Å². The summed E-state index contributed by atoms with van der Waals surface area (Å²) < 4.78 is 11.5. The minimum absolute atomic E-state index is 0.0431. The highest BCUT2D eigenvalue weighted by molar-refractivity contribution is 5.96. The molecule has 2 rings (SSSR count). The van der Waals surface area contributed by atoms with Crippen molar-refractivity contribution in [1.82, 2.24) is 0 Å². The Morgan fingerprint density at radius 2 is 1.95 bits per heavy atom. The molecule has 1 saturated heterocycles. The molecule has 0 saturated carbocycles. The normalized spacial score (nSPS) is 26.2. The molecule has 1 fully saturated rings. The molecule has 1 aromatic carbocycles. The third-order valence-corrected chi connectivity index (χ3v) is 3.60. The topological polar surface area (TPSA) is 40.0 Å². The fraction of sp³-hybridized carbons (Fsp3) is 0.562. The summed E-state index contributed by atoms with van der Waals surface area (Å²) in [6, 6.07) is 7.42. The highest BCUT2D eigenvalue weighted by Gasteiger charge is 2.25. The Morgan fingerprint density at radius 3 is 2.60 bits per heavy atom. The molecule has 4 heteroatoms. The summed E-state index contributed by atoms with van der Waals surface area (Å²) >= 11 is 0. The van der Waals surface area contributed by atoms with Crippen LogP contribution in [0.1, 0.15) is 31.1 Å². The van der Waals surface area contributed by atoms with Crippen LogP contribution in [0, 0.1) is 0 Å². The van der Waals surface area contributed by atoms with Crippen molar-refractivity contribution in [3.05, 3.63) is 29.8 Å². The number of carbonyl (C=O) groups is 1. The van der Waals surface area contributed by atoms with Crippen LogP contribution >= 0.6 is 0 Å². The predicted molar refractivity (Wildman–Crippen MR) is 77.5 cm³/mol. The molecule has 4 nitrogen and oxygen atoms in total. The van der Waals surface area contributed by atoms with Crippen LogP contribution in [0.2, 0.25) is 0 Å². The molecular formula is C16H24NO3+. The third kappa shape index (κ3) is 4.05. The number of hydrogen-bond acceptors (Lipinski definition) is 3. The van der Waals surface area contributed by atoms with E-state index >= 15 is 0 Å². The van der Waals surface area contributed by atoms with Gasteiger partial charge in [0.1, 0.15) is 44.2 Å². The van der Waals surface area contributed by atoms with E-state index in [4.69, 9.17) is 9.47 Å². The first-order chi connectivity index (χ1) is 9.56. The van der Waals surface area contributed by atoms with E-state index in [1.54, 1.807) is 6.92 Å². The first-order valence-electron chi connectivity index (χ1n) is 7.28. The molecule has 1 aromatic rings. The maximum atomic E-state index is 11.5. The average molecular weight is 278 g/mol. The molecule has 0 spiro atoms. The van der Waals surface area contributed by atoms with Gasteiger partial charge in [0.2, 0.25) is 0 Å². The van der Waals surface area contributed by atoms with Gasteiger partial charge in [-0.15, -0.1) is 0 Å². The van der Waals surface area contributed by atoms with Gasteiger partial charge in [-0.2, -0.15) is 0 Å². The number of carbonyl (C=O) groups excluding carboxylic acids is 1. The Hall–Kier alpha value is -1.39. The van der Waals surface area contributed by atoms with E-state index in [-0.39, 0.29) is 5.78 Å². The number of rotatable bonds is 5. The van der Waals surface area contributed by atoms with Gasteiger partial charge in [-0.1, -0.05) is 12.1 Å². The Morgan fingerprint density at radius 1 is 1.30 bits per heavy atom. The quantitative estimate of drug-likeness (QED) is 0.816. The zero-order valence-electron chi connectivity index (χ0n) is 12.5. The number of para-hydroxylation sites is 1. The lowest BCUT2D eigenvalue weighted by atomic mass is 10.1. The SMILES string of the molecule is CC(=O)c1ccccc1OCC[NH+]1C[C@H](C)O[C@@H](C)C1. The minimum Gasteiger partial charge on any atom is -0.487 e. The van der Waals surface area contributed by atoms with Crippen LogP contribution in [0.15, 0.2) is 24.3 Å². The molecule has 0 bridgehead atoms. The summed E-state index contributed by atoms with van der Waals surface area (Å²) in [5, 5.41) is 0. The van der Waals surface area contributed by atoms with Gasteiger partial charge in [0.05, 0.1) is 5.56 Å². The number of morpholine rings is 1. The largest absolute Gasteiger partial charge is 0.487 e. The molecule has 2 atom stereocenters. The Labute approximate surface area is 120 Å². The average Bonchev–Trinajstić information content (AvgIpc) is 2.38. The maximum Gasteiger partial charge on any atom is 0.163 e. The summed E-state index contributed by atoms with van der Waals surface area (Å²) in [6.07, 6.45) is 0.608. The number of ketones is 1. The molecule has 1 aliphatic heterocycles. The molecule has 1 N–H and O–H groups in total. The van der Waals surface area contributed by atoms with Gasteiger partial charge in [-0.25, -0.2) is 0 Å². The summed E-state index contributed by atoms with van der Waals surface area (Å²) in [4.78, 5) is 13.0. The van der Waals surface area contributed by atoms with E-state index in [1.165, 1.54) is 4.90 Å². The van der Waals surface area contributed by atoms with Crippen LogP contribution in [0.3, 0.4) is 0 Å². The van der Waals surface area contributed by atoms with Crippen LogP contribution in [0.25, 0.3) is 0 Å². The van der Waals surface area contributed by atoms with Crippen molar-refractivity contribution < 1.29 is 19.2 Å². The van der Waals surface area contributed by atoms with Gasteiger partial charge in [0.25, 0.3) is 0 Å². The van der Waals surface area contributed by atoms with Crippen LogP contribution in [0.5, 0.6) is 5.75 Å². The summed E-state index contributed by atoms with van der Waals surface area (Å²) in [7, 11) is 0. The van der Waals surface area contributed by atoms with Crippen molar-refractivity contribution in [3.8, 4) is 5.75 Å². The number of hydrogen-bond donors (Lipinski definition) is 1. The molecular weight excluding hydrogens is 254 g/mol. The summed E-state index contributed by atoms with van der Waals surface area (Å²) in [5.74, 6) is 0.732. The lowest BCUT2D eigenvalue weighted by Gasteiger charge is -2.32. The van der Waals surface area contributed by atoms with E-state index in [0.29, 0.717) is 30.1 Å². The van der Waals surface area contributed by atoms with Gasteiger partial charge in [0.15, 0.2) is 5.78 Å². The van der Waals surface area contributed by atoms with Crippen LogP contribution in [-0.4, -0.2) is 44.2 Å². The predicted octanol–water partition coefficient (Wildman–Crippen LogP) is 0.960. The van der Waals surface area contributed by atoms with Crippen LogP contribution < -0.4 is 9.64 Å². The Balaban J connectivity index is 1.85. The number of quaternary nitrogens is 1. The lowest BCUT2D eigenvalue weighted by Crippen LogP contribution is -3.16. The van der Waals surface area contributed by atoms with Gasteiger partial charge >= 0.3 is 0 Å². The van der Waals surface area contributed by atoms with Crippen molar-refractivity contribution >= 4 is 5.78 Å². The first kappa shape index (κ1) is 15.0. The lowest BCUT2D eigenvalue weighted by molar-refractivity contribution is -0.915. The number of Topliss-reactive ketones (excluding diaryl/α,β-unsaturated/α-hetero) is 1. The van der Waals surface area contributed by atoms with Gasteiger partial charge in [0, 0.05) is 0 Å². The second-order valence-corrected chi connectivity index (χ2v) is 5.57. The molecule has 0 aliphatic carbocycles. The van der Waals surface area contributed by atoms with Gasteiger partial charge < -0.3 is 14.4 Å². The van der Waals surface area contributed by atoms with E-state index in [9.17, 15) is 4.79 Å². The molecule has 1 heterocycles. The first-order valence-corrected chi connectivity index (χ1v) is 7.28. The zero-order valence-corrected chi connectivity index (χ0v) is 12.5. The Bertz CT molecular complexity index is 451. The monoisotopic (exact) mass is 278 g/mol. The van der Waals surface area contributed by atoms with Crippen molar-refractivity contribution in [1.29, 1.82) is 0 Å². The van der Waals surface area contributed by atoms with Crippen molar-refractivity contribution in [2.75, 3.05) is 26.2 Å². The molecule has 0 aromatic heterocycles. The highest BCUT2D eigenvalue weighted by atomic mass is 16.5. The summed E-state index contributed by atoms with van der Waals surface area (Å²) in [6.45, 7) is 9.38. The Kier molecular flexibility index (Phi) is 5.15. The third-order valence-electron chi connectivity index (χ3n) is 3.60. The molecule has 0 radical (unpaired) electrons. The van der Waals surface area contributed by atoms with E-state index in [1.807, 2.05) is 24.3 Å².